The Hall–Kier alpha value is -2.70. The van der Waals surface area contributed by atoms with Crippen LogP contribution in [0.5, 0.6) is 0 Å². The van der Waals surface area contributed by atoms with Crippen molar-refractivity contribution in [2.24, 2.45) is 0 Å². The maximum atomic E-state index is 11.4. The highest BCUT2D eigenvalue weighted by atomic mass is 16.2. The molecule has 0 saturated carbocycles. The van der Waals surface area contributed by atoms with Crippen LogP contribution in [0.4, 0.5) is 17.5 Å². The fourth-order valence-corrected chi connectivity index (χ4v) is 2.40. The van der Waals surface area contributed by atoms with E-state index in [4.69, 9.17) is 0 Å². The molecule has 1 fully saturated rings. The Labute approximate surface area is 129 Å². The minimum absolute atomic E-state index is 0.117. The van der Waals surface area contributed by atoms with Gasteiger partial charge in [-0.2, -0.15) is 10.1 Å². The molecule has 7 heteroatoms. The van der Waals surface area contributed by atoms with Crippen molar-refractivity contribution in [3.63, 3.8) is 0 Å². The molecule has 22 heavy (non-hydrogen) atoms. The average Bonchev–Trinajstić information content (AvgIpc) is 2.56. The second kappa shape index (κ2) is 6.38. The molecule has 1 aliphatic rings. The summed E-state index contributed by atoms with van der Waals surface area (Å²) in [5.41, 5.74) is 0.919. The largest absolute Gasteiger partial charge is 0.352 e. The summed E-state index contributed by atoms with van der Waals surface area (Å²) in [6, 6.07) is 9.74. The van der Waals surface area contributed by atoms with Crippen LogP contribution in [0.1, 0.15) is 6.92 Å². The lowest BCUT2D eigenvalue weighted by Crippen LogP contribution is -2.48. The molecule has 0 spiro atoms. The van der Waals surface area contributed by atoms with Crippen LogP contribution in [0.3, 0.4) is 0 Å². The first-order valence-corrected chi connectivity index (χ1v) is 7.24. The van der Waals surface area contributed by atoms with Gasteiger partial charge in [-0.1, -0.05) is 18.2 Å². The van der Waals surface area contributed by atoms with Crippen LogP contribution in [0.25, 0.3) is 0 Å². The van der Waals surface area contributed by atoms with Crippen LogP contribution in [-0.2, 0) is 4.79 Å². The smallest absolute Gasteiger partial charge is 0.249 e. The lowest BCUT2D eigenvalue weighted by atomic mass is 10.3. The van der Waals surface area contributed by atoms with Crippen LogP contribution in [0.2, 0.25) is 0 Å². The Morgan fingerprint density at radius 3 is 2.55 bits per heavy atom. The summed E-state index contributed by atoms with van der Waals surface area (Å²) in [5, 5.41) is 11.2. The molecule has 0 atom stereocenters. The van der Waals surface area contributed by atoms with Gasteiger partial charge in [0.25, 0.3) is 0 Å². The van der Waals surface area contributed by atoms with Crippen LogP contribution < -0.4 is 10.2 Å². The van der Waals surface area contributed by atoms with Crippen molar-refractivity contribution in [3.05, 3.63) is 36.5 Å². The minimum Gasteiger partial charge on any atom is -0.352 e. The molecule has 1 saturated heterocycles. The molecule has 114 valence electrons. The van der Waals surface area contributed by atoms with E-state index in [0.717, 1.165) is 24.6 Å². The monoisotopic (exact) mass is 298 g/mol. The van der Waals surface area contributed by atoms with Gasteiger partial charge in [-0.15, -0.1) is 5.10 Å². The van der Waals surface area contributed by atoms with Crippen molar-refractivity contribution < 1.29 is 4.79 Å². The molecule has 1 aromatic carbocycles. The quantitative estimate of drug-likeness (QED) is 0.920. The zero-order valence-electron chi connectivity index (χ0n) is 12.4. The molecule has 1 aromatic heterocycles. The topological polar surface area (TPSA) is 74.2 Å². The van der Waals surface area contributed by atoms with E-state index in [0.29, 0.717) is 19.0 Å². The van der Waals surface area contributed by atoms with Crippen molar-refractivity contribution in [2.45, 2.75) is 6.92 Å². The van der Waals surface area contributed by atoms with Gasteiger partial charge in [0.15, 0.2) is 5.82 Å². The van der Waals surface area contributed by atoms with Crippen LogP contribution in [-0.4, -0.2) is 52.2 Å². The van der Waals surface area contributed by atoms with Gasteiger partial charge in [0.2, 0.25) is 11.9 Å². The van der Waals surface area contributed by atoms with Gasteiger partial charge in [-0.3, -0.25) is 4.79 Å². The summed E-state index contributed by atoms with van der Waals surface area (Å²) >= 11 is 0. The zero-order chi connectivity index (χ0) is 15.4. The highest BCUT2D eigenvalue weighted by Crippen LogP contribution is 2.16. The number of hydrogen-bond donors (Lipinski definition) is 1. The predicted molar refractivity (Wildman–Crippen MR) is 84.0 cm³/mol. The lowest BCUT2D eigenvalue weighted by molar-refractivity contribution is -0.129. The summed E-state index contributed by atoms with van der Waals surface area (Å²) in [6.07, 6.45) is 1.65. The number of amides is 1. The Bertz CT molecular complexity index is 639. The SMILES string of the molecule is CC(=O)N1CCN(c2cnnc(Nc3ccccc3)n2)CC1. The van der Waals surface area contributed by atoms with Crippen molar-refractivity contribution in [2.75, 3.05) is 36.4 Å². The van der Waals surface area contributed by atoms with Crippen molar-refractivity contribution >= 4 is 23.4 Å². The maximum absolute atomic E-state index is 11.4. The molecule has 0 unspecified atom stereocenters. The van der Waals surface area contributed by atoms with Crippen LogP contribution in [0, 0.1) is 0 Å². The van der Waals surface area contributed by atoms with E-state index >= 15 is 0 Å². The second-order valence-corrected chi connectivity index (χ2v) is 5.12. The first-order chi connectivity index (χ1) is 10.7. The molecule has 1 N–H and O–H groups in total. The summed E-state index contributed by atoms with van der Waals surface area (Å²) in [5.74, 6) is 1.36. The molecule has 2 aromatic rings. The predicted octanol–water partition coefficient (Wildman–Crippen LogP) is 1.28. The fourth-order valence-electron chi connectivity index (χ4n) is 2.40. The van der Waals surface area contributed by atoms with Crippen molar-refractivity contribution in [1.29, 1.82) is 0 Å². The third-order valence-electron chi connectivity index (χ3n) is 3.63. The first kappa shape index (κ1) is 14.2. The average molecular weight is 298 g/mol. The highest BCUT2D eigenvalue weighted by molar-refractivity contribution is 5.73. The number of carbonyl (C=O) groups excluding carboxylic acids is 1. The number of nitrogens with one attached hydrogen (secondary N) is 1. The first-order valence-electron chi connectivity index (χ1n) is 7.24. The number of carbonyl (C=O) groups is 1. The van der Waals surface area contributed by atoms with Gasteiger partial charge >= 0.3 is 0 Å². The number of anilines is 3. The van der Waals surface area contributed by atoms with Gasteiger partial charge in [-0.25, -0.2) is 0 Å². The second-order valence-electron chi connectivity index (χ2n) is 5.12. The van der Waals surface area contributed by atoms with E-state index < -0.39 is 0 Å². The standard InChI is InChI=1S/C15H18N6O/c1-12(22)20-7-9-21(10-8-20)14-11-16-19-15(18-14)17-13-5-3-2-4-6-13/h2-6,11H,7-10H2,1H3,(H,17,18,19). The number of nitrogens with zero attached hydrogens (tertiary/aromatic N) is 5. The summed E-state index contributed by atoms with van der Waals surface area (Å²) < 4.78 is 0. The lowest BCUT2D eigenvalue weighted by Gasteiger charge is -2.34. The molecule has 1 amide bonds. The van der Waals surface area contributed by atoms with Crippen molar-refractivity contribution in [3.8, 4) is 0 Å². The number of benzene rings is 1. The van der Waals surface area contributed by atoms with E-state index in [2.05, 4.69) is 25.4 Å². The number of rotatable bonds is 3. The van der Waals surface area contributed by atoms with E-state index in [1.165, 1.54) is 0 Å². The Morgan fingerprint density at radius 2 is 1.86 bits per heavy atom. The van der Waals surface area contributed by atoms with Gasteiger partial charge in [-0.05, 0) is 12.1 Å². The normalized spacial score (nSPS) is 14.8. The molecule has 1 aliphatic heterocycles. The summed E-state index contributed by atoms with van der Waals surface area (Å²) in [6.45, 7) is 4.53. The van der Waals surface area contributed by atoms with E-state index in [9.17, 15) is 4.79 Å². The molecule has 3 rings (SSSR count). The van der Waals surface area contributed by atoms with E-state index in [-0.39, 0.29) is 5.91 Å². The fraction of sp³-hybridized carbons (Fsp3) is 0.333. The van der Waals surface area contributed by atoms with E-state index in [1.807, 2.05) is 35.2 Å². The molecular formula is C15H18N6O. The minimum atomic E-state index is 0.117. The molecule has 2 heterocycles. The number of aromatic nitrogens is 3. The number of hydrogen-bond acceptors (Lipinski definition) is 6. The highest BCUT2D eigenvalue weighted by Gasteiger charge is 2.20. The van der Waals surface area contributed by atoms with Gasteiger partial charge < -0.3 is 15.1 Å². The number of piperazine rings is 1. The molecule has 0 aliphatic carbocycles. The van der Waals surface area contributed by atoms with Crippen LogP contribution >= 0.6 is 0 Å². The molecule has 7 nitrogen and oxygen atoms in total. The summed E-state index contributed by atoms with van der Waals surface area (Å²) in [7, 11) is 0. The van der Waals surface area contributed by atoms with Gasteiger partial charge in [0, 0.05) is 38.8 Å². The Balaban J connectivity index is 1.68. The third kappa shape index (κ3) is 3.30. The maximum Gasteiger partial charge on any atom is 0.249 e. The van der Waals surface area contributed by atoms with Gasteiger partial charge in [0.05, 0.1) is 6.20 Å². The van der Waals surface area contributed by atoms with Crippen molar-refractivity contribution in [1.82, 2.24) is 20.1 Å². The van der Waals surface area contributed by atoms with Gasteiger partial charge in [0.1, 0.15) is 0 Å². The number of para-hydroxylation sites is 1. The van der Waals surface area contributed by atoms with Crippen LogP contribution in [0.15, 0.2) is 36.5 Å². The van der Waals surface area contributed by atoms with E-state index in [1.54, 1.807) is 13.1 Å². The zero-order valence-corrected chi connectivity index (χ0v) is 12.4. The molecular weight excluding hydrogens is 280 g/mol. The Morgan fingerprint density at radius 1 is 1.14 bits per heavy atom. The molecule has 0 radical (unpaired) electrons. The Kier molecular flexibility index (Phi) is 4.13. The third-order valence-corrected chi connectivity index (χ3v) is 3.63. The molecule has 0 bridgehead atoms. The summed E-state index contributed by atoms with van der Waals surface area (Å²) in [4.78, 5) is 19.8.